The summed E-state index contributed by atoms with van der Waals surface area (Å²) < 4.78 is 7.92. The van der Waals surface area contributed by atoms with Crippen LogP contribution in [0.4, 0.5) is 0 Å². The summed E-state index contributed by atoms with van der Waals surface area (Å²) in [6.07, 6.45) is 3.44. The summed E-state index contributed by atoms with van der Waals surface area (Å²) in [5, 5.41) is 10.5. The van der Waals surface area contributed by atoms with Crippen molar-refractivity contribution in [1.29, 1.82) is 0 Å². The first-order chi connectivity index (χ1) is 12.2. The summed E-state index contributed by atoms with van der Waals surface area (Å²) in [6, 6.07) is 10.3. The molecule has 0 aliphatic carbocycles. The highest BCUT2D eigenvalue weighted by Crippen LogP contribution is 2.37. The van der Waals surface area contributed by atoms with E-state index in [2.05, 4.69) is 39.7 Å². The van der Waals surface area contributed by atoms with Crippen LogP contribution in [0.25, 0.3) is 16.7 Å². The average molecular weight is 337 g/mol. The second-order valence-corrected chi connectivity index (χ2v) is 6.60. The maximum atomic E-state index is 9.26. The van der Waals surface area contributed by atoms with E-state index in [4.69, 9.17) is 4.74 Å². The number of methoxy groups -OCH3 is 1. The van der Waals surface area contributed by atoms with Gasteiger partial charge >= 0.3 is 0 Å². The molecule has 1 aromatic carbocycles. The fraction of sp³-hybridized carbons (Fsp3) is 0.350. The minimum Gasteiger partial charge on any atom is -0.495 e. The van der Waals surface area contributed by atoms with Crippen LogP contribution in [0.3, 0.4) is 0 Å². The number of hydrogen-bond donors (Lipinski definition) is 1. The number of pyridine rings is 1. The van der Waals surface area contributed by atoms with Gasteiger partial charge in [-0.05, 0) is 42.8 Å². The molecule has 0 atom stereocenters. The molecule has 4 rings (SSSR count). The van der Waals surface area contributed by atoms with Crippen LogP contribution >= 0.6 is 0 Å². The van der Waals surface area contributed by atoms with Gasteiger partial charge in [0.2, 0.25) is 0 Å². The smallest absolute Gasteiger partial charge is 0.143 e. The third-order valence-electron chi connectivity index (χ3n) is 4.98. The number of aliphatic hydroxyl groups is 1. The Balaban J connectivity index is 2.01. The zero-order valence-electron chi connectivity index (χ0n) is 14.7. The maximum absolute atomic E-state index is 9.26. The van der Waals surface area contributed by atoms with E-state index >= 15 is 0 Å². The Bertz CT molecular complexity index is 917. The van der Waals surface area contributed by atoms with Crippen molar-refractivity contribution in [2.45, 2.75) is 19.4 Å². The van der Waals surface area contributed by atoms with Crippen molar-refractivity contribution < 1.29 is 9.84 Å². The standard InChI is InChI=1S/C20H23N3O2/c1-22-10-7-17-16(13-22)15-4-3-5-18(25-2)20(15)23(17)19-12-14(8-11-24)6-9-21-19/h3-6,9,12,24H,7-8,10-11,13H2,1-2H3. The normalized spacial score (nSPS) is 14.7. The predicted octanol–water partition coefficient (Wildman–Crippen LogP) is 2.56. The third kappa shape index (κ3) is 2.69. The minimum atomic E-state index is 0.141. The van der Waals surface area contributed by atoms with Gasteiger partial charge in [-0.3, -0.25) is 4.57 Å². The van der Waals surface area contributed by atoms with Crippen molar-refractivity contribution in [3.63, 3.8) is 0 Å². The van der Waals surface area contributed by atoms with E-state index in [-0.39, 0.29) is 6.61 Å². The van der Waals surface area contributed by atoms with Crippen LogP contribution < -0.4 is 4.74 Å². The zero-order valence-corrected chi connectivity index (χ0v) is 14.7. The highest BCUT2D eigenvalue weighted by atomic mass is 16.5. The molecule has 0 saturated heterocycles. The Morgan fingerprint density at radius 2 is 2.16 bits per heavy atom. The number of para-hydroxylation sites is 1. The molecular formula is C20H23N3O2. The second kappa shape index (κ2) is 6.50. The molecule has 0 radical (unpaired) electrons. The summed E-state index contributed by atoms with van der Waals surface area (Å²) in [5.41, 5.74) is 4.84. The van der Waals surface area contributed by atoms with Gasteiger partial charge in [0.15, 0.2) is 0 Å². The molecule has 0 fully saturated rings. The van der Waals surface area contributed by atoms with E-state index in [0.717, 1.165) is 42.2 Å². The molecule has 3 heterocycles. The molecule has 5 nitrogen and oxygen atoms in total. The van der Waals surface area contributed by atoms with Crippen molar-refractivity contribution in [1.82, 2.24) is 14.5 Å². The van der Waals surface area contributed by atoms with Gasteiger partial charge in [0, 0.05) is 43.4 Å². The van der Waals surface area contributed by atoms with Crippen LogP contribution in [0.5, 0.6) is 5.75 Å². The summed E-state index contributed by atoms with van der Waals surface area (Å²) >= 11 is 0. The van der Waals surface area contributed by atoms with Crippen molar-refractivity contribution in [3.05, 3.63) is 53.3 Å². The van der Waals surface area contributed by atoms with E-state index < -0.39 is 0 Å². The van der Waals surface area contributed by atoms with Crippen LogP contribution in [-0.4, -0.2) is 46.9 Å². The highest BCUT2D eigenvalue weighted by molar-refractivity contribution is 5.92. The number of aliphatic hydroxyl groups excluding tert-OH is 1. The number of likely N-dealkylation sites (N-methyl/N-ethyl adjacent to an activating group) is 1. The summed E-state index contributed by atoms with van der Waals surface area (Å²) in [4.78, 5) is 6.98. The molecule has 3 aromatic rings. The second-order valence-electron chi connectivity index (χ2n) is 6.60. The maximum Gasteiger partial charge on any atom is 0.143 e. The average Bonchev–Trinajstić information content (AvgIpc) is 2.96. The zero-order chi connectivity index (χ0) is 17.4. The molecule has 25 heavy (non-hydrogen) atoms. The molecule has 1 aliphatic heterocycles. The molecule has 0 saturated carbocycles. The topological polar surface area (TPSA) is 50.5 Å². The SMILES string of the molecule is COc1cccc2c3c(n(-c4cc(CCO)ccn4)c12)CCN(C)C3. The first-order valence-corrected chi connectivity index (χ1v) is 8.66. The van der Waals surface area contributed by atoms with Crippen LogP contribution in [-0.2, 0) is 19.4 Å². The lowest BCUT2D eigenvalue weighted by molar-refractivity contribution is 0.299. The number of ether oxygens (including phenoxy) is 1. The number of rotatable bonds is 4. The van der Waals surface area contributed by atoms with E-state index in [1.165, 1.54) is 16.6 Å². The van der Waals surface area contributed by atoms with Gasteiger partial charge in [-0.15, -0.1) is 0 Å². The monoisotopic (exact) mass is 337 g/mol. The van der Waals surface area contributed by atoms with Crippen LogP contribution in [0.2, 0.25) is 0 Å². The molecule has 0 bridgehead atoms. The van der Waals surface area contributed by atoms with E-state index in [9.17, 15) is 5.11 Å². The Morgan fingerprint density at radius 3 is 2.96 bits per heavy atom. The largest absolute Gasteiger partial charge is 0.495 e. The Morgan fingerprint density at radius 1 is 1.28 bits per heavy atom. The van der Waals surface area contributed by atoms with Gasteiger partial charge in [0.05, 0.1) is 12.6 Å². The number of hydrogen-bond acceptors (Lipinski definition) is 4. The molecule has 2 aromatic heterocycles. The fourth-order valence-corrected chi connectivity index (χ4v) is 3.79. The molecule has 5 heteroatoms. The van der Waals surface area contributed by atoms with Crippen LogP contribution in [0.1, 0.15) is 16.8 Å². The molecule has 0 unspecified atom stereocenters. The van der Waals surface area contributed by atoms with E-state index in [1.54, 1.807) is 7.11 Å². The van der Waals surface area contributed by atoms with Gasteiger partial charge in [0.25, 0.3) is 0 Å². The third-order valence-corrected chi connectivity index (χ3v) is 4.98. The van der Waals surface area contributed by atoms with Crippen molar-refractivity contribution in [2.24, 2.45) is 0 Å². The predicted molar refractivity (Wildman–Crippen MR) is 98.4 cm³/mol. The Labute approximate surface area is 147 Å². The van der Waals surface area contributed by atoms with Crippen molar-refractivity contribution in [3.8, 4) is 11.6 Å². The minimum absolute atomic E-state index is 0.141. The van der Waals surface area contributed by atoms with E-state index in [0.29, 0.717) is 6.42 Å². The summed E-state index contributed by atoms with van der Waals surface area (Å²) in [7, 11) is 3.87. The van der Waals surface area contributed by atoms with Crippen molar-refractivity contribution in [2.75, 3.05) is 27.3 Å². The molecule has 1 aliphatic rings. The summed E-state index contributed by atoms with van der Waals surface area (Å²) in [6.45, 7) is 2.10. The number of benzene rings is 1. The number of aromatic nitrogens is 2. The lowest BCUT2D eigenvalue weighted by Gasteiger charge is -2.24. The Kier molecular flexibility index (Phi) is 4.19. The molecular weight excluding hydrogens is 314 g/mol. The van der Waals surface area contributed by atoms with Gasteiger partial charge < -0.3 is 14.7 Å². The lowest BCUT2D eigenvalue weighted by atomic mass is 10.0. The number of nitrogens with zero attached hydrogens (tertiary/aromatic N) is 3. The number of fused-ring (bicyclic) bond motifs is 3. The Hall–Kier alpha value is -2.37. The van der Waals surface area contributed by atoms with Gasteiger partial charge in [0.1, 0.15) is 11.6 Å². The highest BCUT2D eigenvalue weighted by Gasteiger charge is 2.25. The first-order valence-electron chi connectivity index (χ1n) is 8.66. The van der Waals surface area contributed by atoms with Gasteiger partial charge in [-0.1, -0.05) is 12.1 Å². The van der Waals surface area contributed by atoms with Crippen LogP contribution in [0.15, 0.2) is 36.5 Å². The van der Waals surface area contributed by atoms with E-state index in [1.807, 2.05) is 18.3 Å². The molecule has 0 amide bonds. The van der Waals surface area contributed by atoms with Gasteiger partial charge in [-0.25, -0.2) is 4.98 Å². The fourth-order valence-electron chi connectivity index (χ4n) is 3.79. The first kappa shape index (κ1) is 16.1. The molecule has 0 spiro atoms. The van der Waals surface area contributed by atoms with Gasteiger partial charge in [-0.2, -0.15) is 0 Å². The molecule has 130 valence electrons. The summed E-state index contributed by atoms with van der Waals surface area (Å²) in [5.74, 6) is 1.76. The molecule has 1 N–H and O–H groups in total. The lowest BCUT2D eigenvalue weighted by Crippen LogP contribution is -2.27. The quantitative estimate of drug-likeness (QED) is 0.795. The van der Waals surface area contributed by atoms with Crippen molar-refractivity contribution >= 4 is 10.9 Å². The van der Waals surface area contributed by atoms with Crippen LogP contribution in [0, 0.1) is 0 Å².